The van der Waals surface area contributed by atoms with Crippen molar-refractivity contribution in [2.75, 3.05) is 17.7 Å². The number of fused-ring (bicyclic) bond motifs is 3. The van der Waals surface area contributed by atoms with E-state index in [1.807, 2.05) is 31.2 Å². The average Bonchev–Trinajstić information content (AvgIpc) is 3.16. The van der Waals surface area contributed by atoms with Gasteiger partial charge in [0.05, 0.1) is 12.0 Å². The molecule has 0 saturated carbocycles. The highest BCUT2D eigenvalue weighted by atomic mass is 32.2. The summed E-state index contributed by atoms with van der Waals surface area (Å²) in [6.45, 7) is 6.75. The van der Waals surface area contributed by atoms with Crippen LogP contribution in [0, 0.1) is 0 Å². The molecule has 1 aromatic carbocycles. The van der Waals surface area contributed by atoms with Crippen LogP contribution in [0.4, 0.5) is 5.69 Å². The van der Waals surface area contributed by atoms with Gasteiger partial charge in [-0.05, 0) is 62.4 Å². The van der Waals surface area contributed by atoms with E-state index < -0.39 is 0 Å². The van der Waals surface area contributed by atoms with Crippen molar-refractivity contribution in [3.63, 3.8) is 0 Å². The van der Waals surface area contributed by atoms with Crippen LogP contribution in [0.1, 0.15) is 36.6 Å². The third-order valence-electron chi connectivity index (χ3n) is 5.36. The zero-order valence-corrected chi connectivity index (χ0v) is 19.8. The number of carbonyl (C=O) groups is 1. The van der Waals surface area contributed by atoms with Crippen molar-refractivity contribution in [3.05, 3.63) is 57.7 Å². The molecule has 0 spiro atoms. The highest BCUT2D eigenvalue weighted by Gasteiger charge is 2.22. The molecule has 2 aromatic heterocycles. The van der Waals surface area contributed by atoms with E-state index in [2.05, 4.69) is 11.9 Å². The molecule has 1 N–H and O–H groups in total. The number of hydrogen-bond acceptors (Lipinski definition) is 6. The predicted molar refractivity (Wildman–Crippen MR) is 132 cm³/mol. The van der Waals surface area contributed by atoms with E-state index in [1.165, 1.54) is 28.6 Å². The van der Waals surface area contributed by atoms with Crippen molar-refractivity contribution >= 4 is 44.9 Å². The molecule has 1 amide bonds. The summed E-state index contributed by atoms with van der Waals surface area (Å²) >= 11 is 3.09. The van der Waals surface area contributed by atoms with E-state index in [0.29, 0.717) is 30.5 Å². The minimum absolute atomic E-state index is 0.00985. The smallest absolute Gasteiger partial charge is 0.263 e. The molecule has 1 aliphatic rings. The number of benzene rings is 1. The van der Waals surface area contributed by atoms with Crippen LogP contribution in [0.5, 0.6) is 5.75 Å². The van der Waals surface area contributed by atoms with Crippen molar-refractivity contribution in [3.8, 4) is 5.75 Å². The van der Waals surface area contributed by atoms with Gasteiger partial charge >= 0.3 is 0 Å². The van der Waals surface area contributed by atoms with Gasteiger partial charge in [-0.2, -0.15) is 0 Å². The molecule has 1 aliphatic carbocycles. The van der Waals surface area contributed by atoms with E-state index >= 15 is 0 Å². The van der Waals surface area contributed by atoms with Crippen LogP contribution < -0.4 is 15.6 Å². The molecule has 32 heavy (non-hydrogen) atoms. The largest absolute Gasteiger partial charge is 0.494 e. The number of nitrogens with zero attached hydrogens (tertiary/aromatic N) is 2. The Morgan fingerprint density at radius 3 is 2.84 bits per heavy atom. The molecule has 0 aliphatic heterocycles. The lowest BCUT2D eigenvalue weighted by Crippen LogP contribution is -2.23. The molecule has 6 nitrogen and oxygen atoms in total. The number of anilines is 1. The zero-order valence-electron chi connectivity index (χ0n) is 18.2. The van der Waals surface area contributed by atoms with Crippen molar-refractivity contribution in [2.45, 2.75) is 50.7 Å². The van der Waals surface area contributed by atoms with E-state index in [-0.39, 0.29) is 11.5 Å². The number of allylic oxidation sites excluding steroid dienone is 1. The average molecular weight is 470 g/mol. The van der Waals surface area contributed by atoms with E-state index in [9.17, 15) is 9.59 Å². The van der Waals surface area contributed by atoms with Crippen molar-refractivity contribution in [2.24, 2.45) is 0 Å². The summed E-state index contributed by atoms with van der Waals surface area (Å²) in [6, 6.07) is 7.32. The molecule has 0 unspecified atom stereocenters. The van der Waals surface area contributed by atoms with Crippen LogP contribution in [0.2, 0.25) is 0 Å². The number of amides is 1. The summed E-state index contributed by atoms with van der Waals surface area (Å²) in [6.07, 6.45) is 6.33. The topological polar surface area (TPSA) is 73.2 Å². The summed E-state index contributed by atoms with van der Waals surface area (Å²) in [4.78, 5) is 32.6. The van der Waals surface area contributed by atoms with Gasteiger partial charge < -0.3 is 10.1 Å². The number of aromatic nitrogens is 2. The first kappa shape index (κ1) is 22.6. The Bertz CT molecular complexity index is 1180. The number of hydrogen-bond donors (Lipinski definition) is 1. The molecule has 0 atom stereocenters. The van der Waals surface area contributed by atoms with Gasteiger partial charge in [0, 0.05) is 29.3 Å². The Balaban J connectivity index is 1.45. The summed E-state index contributed by atoms with van der Waals surface area (Å²) < 4.78 is 7.11. The van der Waals surface area contributed by atoms with Gasteiger partial charge in [-0.3, -0.25) is 14.2 Å². The van der Waals surface area contributed by atoms with Crippen molar-refractivity contribution in [1.29, 1.82) is 0 Å². The second-order valence-corrected chi connectivity index (χ2v) is 9.74. The van der Waals surface area contributed by atoms with Gasteiger partial charge in [0.15, 0.2) is 5.16 Å². The molecule has 4 rings (SSSR count). The molecule has 0 saturated heterocycles. The lowest BCUT2D eigenvalue weighted by Gasteiger charge is -2.12. The molecule has 0 fully saturated rings. The summed E-state index contributed by atoms with van der Waals surface area (Å²) in [5, 5.41) is 4.33. The molecular weight excluding hydrogens is 442 g/mol. The number of aryl methyl sites for hydroxylation is 2. The fourth-order valence-electron chi connectivity index (χ4n) is 3.88. The number of carbonyl (C=O) groups excluding carboxylic acids is 1. The lowest BCUT2D eigenvalue weighted by molar-refractivity contribution is -0.115. The van der Waals surface area contributed by atoms with Crippen LogP contribution in [-0.4, -0.2) is 27.8 Å². The normalized spacial score (nSPS) is 13.0. The number of rotatable bonds is 9. The number of nitrogens with one attached hydrogen (secondary N) is 1. The number of thioether (sulfide) groups is 1. The fourth-order valence-corrected chi connectivity index (χ4v) is 6.13. The Labute approximate surface area is 195 Å². The standard InChI is InChI=1S/C24H27N3O3S2/c1-3-14-27-23(29)21-18-7-5-6-8-19(18)32-22(21)26-24(27)31-15-13-20(28)25-16-9-11-17(12-10-16)30-4-2/h3,9-12H,1,4-8,13-15H2,2H3,(H,25,28). The highest BCUT2D eigenvalue weighted by molar-refractivity contribution is 7.99. The summed E-state index contributed by atoms with van der Waals surface area (Å²) in [5.74, 6) is 1.23. The Morgan fingerprint density at radius 2 is 2.09 bits per heavy atom. The van der Waals surface area contributed by atoms with Gasteiger partial charge in [-0.1, -0.05) is 17.8 Å². The monoisotopic (exact) mass is 469 g/mol. The van der Waals surface area contributed by atoms with Gasteiger partial charge in [0.1, 0.15) is 10.6 Å². The van der Waals surface area contributed by atoms with Crippen molar-refractivity contribution in [1.82, 2.24) is 9.55 Å². The Hall–Kier alpha value is -2.58. The first-order valence-corrected chi connectivity index (χ1v) is 12.7. The third-order valence-corrected chi connectivity index (χ3v) is 7.52. The van der Waals surface area contributed by atoms with Gasteiger partial charge in [0.25, 0.3) is 5.56 Å². The summed E-state index contributed by atoms with van der Waals surface area (Å²) in [5.41, 5.74) is 1.93. The maximum Gasteiger partial charge on any atom is 0.263 e. The third kappa shape index (κ3) is 4.91. The van der Waals surface area contributed by atoms with Crippen molar-refractivity contribution < 1.29 is 9.53 Å². The second-order valence-electron chi connectivity index (χ2n) is 7.59. The zero-order chi connectivity index (χ0) is 22.5. The van der Waals surface area contributed by atoms with E-state index in [4.69, 9.17) is 9.72 Å². The quantitative estimate of drug-likeness (QED) is 0.270. The first-order valence-electron chi connectivity index (χ1n) is 10.9. The van der Waals surface area contributed by atoms with E-state index in [1.54, 1.807) is 22.0 Å². The predicted octanol–water partition coefficient (Wildman–Crippen LogP) is 5.04. The SMILES string of the molecule is C=CCn1c(SCCC(=O)Nc2ccc(OCC)cc2)nc2sc3c(c2c1=O)CCCC3. The molecule has 0 radical (unpaired) electrons. The highest BCUT2D eigenvalue weighted by Crippen LogP contribution is 2.34. The van der Waals surface area contributed by atoms with Crippen LogP contribution in [0.3, 0.4) is 0 Å². The van der Waals surface area contributed by atoms with Crippen LogP contribution >= 0.6 is 23.1 Å². The van der Waals surface area contributed by atoms with E-state index in [0.717, 1.165) is 40.9 Å². The minimum Gasteiger partial charge on any atom is -0.494 e. The van der Waals surface area contributed by atoms with Gasteiger partial charge in [-0.15, -0.1) is 17.9 Å². The van der Waals surface area contributed by atoms with Gasteiger partial charge in [-0.25, -0.2) is 4.98 Å². The number of thiophene rings is 1. The Kier molecular flexibility index (Phi) is 7.32. The molecule has 168 valence electrons. The molecule has 2 heterocycles. The first-order chi connectivity index (χ1) is 15.6. The fraction of sp³-hybridized carbons (Fsp3) is 0.375. The van der Waals surface area contributed by atoms with Gasteiger partial charge in [0.2, 0.25) is 5.91 Å². The van der Waals surface area contributed by atoms with Crippen LogP contribution in [-0.2, 0) is 24.2 Å². The molecule has 0 bridgehead atoms. The number of ether oxygens (including phenoxy) is 1. The maximum absolute atomic E-state index is 13.3. The minimum atomic E-state index is -0.0769. The second kappa shape index (κ2) is 10.4. The molecule has 3 aromatic rings. The Morgan fingerprint density at radius 1 is 1.31 bits per heavy atom. The van der Waals surface area contributed by atoms with Crippen LogP contribution in [0.25, 0.3) is 10.2 Å². The molecular formula is C24H27N3O3S2. The molecule has 8 heteroatoms. The maximum atomic E-state index is 13.3. The van der Waals surface area contributed by atoms with Crippen LogP contribution in [0.15, 0.2) is 46.9 Å². The lowest BCUT2D eigenvalue weighted by atomic mass is 9.97. The summed E-state index contributed by atoms with van der Waals surface area (Å²) in [7, 11) is 0.